The molecule has 0 saturated carbocycles. The molecule has 3 nitrogen and oxygen atoms in total. The summed E-state index contributed by atoms with van der Waals surface area (Å²) in [5.74, 6) is 0.658. The molecule has 0 amide bonds. The molecule has 1 heterocycles. The number of piperazine rings is 1. The summed E-state index contributed by atoms with van der Waals surface area (Å²) < 4.78 is 0. The smallest absolute Gasteiger partial charge is 0.0478 e. The van der Waals surface area contributed by atoms with Gasteiger partial charge in [-0.3, -0.25) is 4.90 Å². The first-order valence-electron chi connectivity index (χ1n) is 8.32. The minimum atomic E-state index is 0.466. The molecule has 3 rings (SSSR count). The van der Waals surface area contributed by atoms with Crippen LogP contribution in [0.25, 0.3) is 0 Å². The number of fused-ring (bicyclic) bond motifs is 1. The van der Waals surface area contributed by atoms with Crippen LogP contribution in [0.2, 0.25) is 0 Å². The van der Waals surface area contributed by atoms with Crippen molar-refractivity contribution in [3.05, 3.63) is 35.4 Å². The van der Waals surface area contributed by atoms with E-state index in [0.29, 0.717) is 24.0 Å². The molecule has 0 spiro atoms. The second-order valence-electron chi connectivity index (χ2n) is 6.92. The third-order valence-electron chi connectivity index (χ3n) is 5.61. The van der Waals surface area contributed by atoms with Crippen LogP contribution in [0.1, 0.15) is 43.4 Å². The molecular formula is C18H29N3. The monoisotopic (exact) mass is 287 g/mol. The Hall–Kier alpha value is -0.900. The van der Waals surface area contributed by atoms with Crippen LogP contribution in [0.15, 0.2) is 24.3 Å². The summed E-state index contributed by atoms with van der Waals surface area (Å²) in [6, 6.07) is 10.7. The highest BCUT2D eigenvalue weighted by Gasteiger charge is 2.37. The fraction of sp³-hybridized carbons (Fsp3) is 0.667. The fourth-order valence-corrected chi connectivity index (χ4v) is 4.16. The van der Waals surface area contributed by atoms with Crippen LogP contribution in [-0.4, -0.2) is 55.6 Å². The lowest BCUT2D eigenvalue weighted by molar-refractivity contribution is 0.0481. The van der Waals surface area contributed by atoms with Gasteiger partial charge in [0.15, 0.2) is 0 Å². The third kappa shape index (κ3) is 2.75. The zero-order valence-electron chi connectivity index (χ0n) is 13.8. The van der Waals surface area contributed by atoms with Crippen molar-refractivity contribution in [1.82, 2.24) is 15.1 Å². The molecule has 1 saturated heterocycles. The second-order valence-corrected chi connectivity index (χ2v) is 6.92. The molecule has 21 heavy (non-hydrogen) atoms. The summed E-state index contributed by atoms with van der Waals surface area (Å²) >= 11 is 0. The van der Waals surface area contributed by atoms with Crippen LogP contribution < -0.4 is 5.32 Å². The molecule has 2 aliphatic rings. The van der Waals surface area contributed by atoms with Crippen molar-refractivity contribution in [2.45, 2.75) is 44.3 Å². The Balaban J connectivity index is 1.86. The lowest BCUT2D eigenvalue weighted by Crippen LogP contribution is -2.57. The van der Waals surface area contributed by atoms with E-state index in [1.54, 1.807) is 0 Å². The number of hydrogen-bond donors (Lipinski definition) is 1. The Morgan fingerprint density at radius 2 is 1.81 bits per heavy atom. The maximum Gasteiger partial charge on any atom is 0.0478 e. The molecule has 1 aromatic carbocycles. The van der Waals surface area contributed by atoms with Gasteiger partial charge in [0.25, 0.3) is 0 Å². The zero-order valence-corrected chi connectivity index (χ0v) is 13.8. The molecule has 0 radical (unpaired) electrons. The van der Waals surface area contributed by atoms with Gasteiger partial charge in [-0.2, -0.15) is 0 Å². The first-order chi connectivity index (χ1) is 10.1. The molecule has 0 aromatic heterocycles. The minimum absolute atomic E-state index is 0.466. The van der Waals surface area contributed by atoms with E-state index in [9.17, 15) is 0 Å². The van der Waals surface area contributed by atoms with Crippen molar-refractivity contribution >= 4 is 0 Å². The van der Waals surface area contributed by atoms with Gasteiger partial charge in [-0.1, -0.05) is 31.2 Å². The summed E-state index contributed by atoms with van der Waals surface area (Å²) in [5.41, 5.74) is 3.05. The van der Waals surface area contributed by atoms with Gasteiger partial charge in [-0.05, 0) is 44.5 Å². The summed E-state index contributed by atoms with van der Waals surface area (Å²) in [7, 11) is 4.36. The molecule has 1 fully saturated rings. The van der Waals surface area contributed by atoms with E-state index in [2.05, 4.69) is 67.3 Å². The first kappa shape index (κ1) is 15.0. The van der Waals surface area contributed by atoms with Gasteiger partial charge >= 0.3 is 0 Å². The Morgan fingerprint density at radius 1 is 1.10 bits per heavy atom. The van der Waals surface area contributed by atoms with Crippen LogP contribution in [0.4, 0.5) is 0 Å². The summed E-state index contributed by atoms with van der Waals surface area (Å²) in [6.07, 6.45) is 1.26. The Morgan fingerprint density at radius 3 is 2.48 bits per heavy atom. The lowest BCUT2D eigenvalue weighted by atomic mass is 9.77. The number of rotatable bonds is 2. The van der Waals surface area contributed by atoms with Crippen molar-refractivity contribution in [1.29, 1.82) is 0 Å². The van der Waals surface area contributed by atoms with Gasteiger partial charge in [0.2, 0.25) is 0 Å². The second kappa shape index (κ2) is 6.07. The Labute approximate surface area is 129 Å². The minimum Gasteiger partial charge on any atom is -0.312 e. The van der Waals surface area contributed by atoms with Crippen LogP contribution >= 0.6 is 0 Å². The average Bonchev–Trinajstić information content (AvgIpc) is 2.50. The maximum absolute atomic E-state index is 3.60. The molecule has 116 valence electrons. The molecule has 0 bridgehead atoms. The van der Waals surface area contributed by atoms with Crippen LogP contribution in [0.3, 0.4) is 0 Å². The molecule has 1 aliphatic carbocycles. The SMILES string of the molecule is CNC1c2ccccc2C(C)CC1N1CCN(C)C(C)C1. The van der Waals surface area contributed by atoms with Gasteiger partial charge in [0.05, 0.1) is 0 Å². The van der Waals surface area contributed by atoms with E-state index >= 15 is 0 Å². The number of likely N-dealkylation sites (N-methyl/N-ethyl adjacent to an activating group) is 2. The van der Waals surface area contributed by atoms with Gasteiger partial charge in [0.1, 0.15) is 0 Å². The maximum atomic E-state index is 3.60. The van der Waals surface area contributed by atoms with E-state index < -0.39 is 0 Å². The lowest BCUT2D eigenvalue weighted by Gasteiger charge is -2.47. The predicted octanol–water partition coefficient (Wildman–Crippen LogP) is 2.46. The highest BCUT2D eigenvalue weighted by Crippen LogP contribution is 2.39. The molecular weight excluding hydrogens is 258 g/mol. The van der Waals surface area contributed by atoms with Crippen molar-refractivity contribution in [3.8, 4) is 0 Å². The topological polar surface area (TPSA) is 18.5 Å². The first-order valence-corrected chi connectivity index (χ1v) is 8.32. The Bertz CT molecular complexity index is 487. The predicted molar refractivity (Wildman–Crippen MR) is 88.7 cm³/mol. The van der Waals surface area contributed by atoms with Gasteiger partial charge < -0.3 is 10.2 Å². The summed E-state index contributed by atoms with van der Waals surface area (Å²) in [5, 5.41) is 3.60. The normalized spacial score (nSPS) is 34.7. The van der Waals surface area contributed by atoms with Crippen molar-refractivity contribution in [2.75, 3.05) is 33.7 Å². The third-order valence-corrected chi connectivity index (χ3v) is 5.61. The molecule has 4 unspecified atom stereocenters. The van der Waals surface area contributed by atoms with Gasteiger partial charge in [-0.15, -0.1) is 0 Å². The standard InChI is InChI=1S/C18H29N3/c1-13-11-17(21-10-9-20(4)14(2)12-21)18(19-3)16-8-6-5-7-15(13)16/h5-8,13-14,17-19H,9-12H2,1-4H3. The number of nitrogens with one attached hydrogen (secondary N) is 1. The summed E-state index contributed by atoms with van der Waals surface area (Å²) in [4.78, 5) is 5.20. The molecule has 4 atom stereocenters. The van der Waals surface area contributed by atoms with Crippen LogP contribution in [0.5, 0.6) is 0 Å². The molecule has 1 aromatic rings. The van der Waals surface area contributed by atoms with Gasteiger partial charge in [-0.25, -0.2) is 0 Å². The van der Waals surface area contributed by atoms with Gasteiger partial charge in [0, 0.05) is 37.8 Å². The van der Waals surface area contributed by atoms with E-state index in [0.717, 1.165) is 0 Å². The fourth-order valence-electron chi connectivity index (χ4n) is 4.16. The Kier molecular flexibility index (Phi) is 4.34. The van der Waals surface area contributed by atoms with Crippen molar-refractivity contribution in [3.63, 3.8) is 0 Å². The molecule has 1 aliphatic heterocycles. The van der Waals surface area contributed by atoms with Crippen molar-refractivity contribution in [2.24, 2.45) is 0 Å². The number of nitrogens with zero attached hydrogens (tertiary/aromatic N) is 2. The van der Waals surface area contributed by atoms with Crippen molar-refractivity contribution < 1.29 is 0 Å². The zero-order chi connectivity index (χ0) is 15.0. The highest BCUT2D eigenvalue weighted by molar-refractivity contribution is 5.36. The summed E-state index contributed by atoms with van der Waals surface area (Å²) in [6.45, 7) is 8.30. The van der Waals surface area contributed by atoms with E-state index in [1.807, 2.05) is 0 Å². The van der Waals surface area contributed by atoms with E-state index in [1.165, 1.54) is 37.2 Å². The number of benzene rings is 1. The van der Waals surface area contributed by atoms with E-state index in [4.69, 9.17) is 0 Å². The average molecular weight is 287 g/mol. The highest BCUT2D eigenvalue weighted by atomic mass is 15.3. The van der Waals surface area contributed by atoms with Crippen LogP contribution in [-0.2, 0) is 0 Å². The quantitative estimate of drug-likeness (QED) is 0.901. The van der Waals surface area contributed by atoms with E-state index in [-0.39, 0.29) is 0 Å². The largest absolute Gasteiger partial charge is 0.312 e. The number of hydrogen-bond acceptors (Lipinski definition) is 3. The molecule has 3 heteroatoms. The van der Waals surface area contributed by atoms with Crippen LogP contribution in [0, 0.1) is 0 Å². The molecule has 1 N–H and O–H groups in total.